The van der Waals surface area contributed by atoms with E-state index in [1.807, 2.05) is 6.07 Å². The van der Waals surface area contributed by atoms with E-state index in [0.29, 0.717) is 17.2 Å². The van der Waals surface area contributed by atoms with E-state index in [-0.39, 0.29) is 0 Å². The summed E-state index contributed by atoms with van der Waals surface area (Å²) in [5.74, 6) is 3.22. The summed E-state index contributed by atoms with van der Waals surface area (Å²) in [6.45, 7) is 2.91. The van der Waals surface area contributed by atoms with E-state index in [4.69, 9.17) is 18.6 Å². The Labute approximate surface area is 146 Å². The molecule has 1 N–H and O–H groups in total. The van der Waals surface area contributed by atoms with Crippen molar-refractivity contribution in [2.75, 3.05) is 11.4 Å². The van der Waals surface area contributed by atoms with Gasteiger partial charge in [0.2, 0.25) is 4.77 Å². The van der Waals surface area contributed by atoms with Crippen molar-refractivity contribution in [3.8, 4) is 18.0 Å². The molecule has 24 heavy (non-hydrogen) atoms. The minimum atomic E-state index is 0.398. The third kappa shape index (κ3) is 2.28. The van der Waals surface area contributed by atoms with E-state index < -0.39 is 0 Å². The van der Waals surface area contributed by atoms with Crippen LogP contribution in [0.2, 0.25) is 0 Å². The Bertz CT molecular complexity index is 914. The summed E-state index contributed by atoms with van der Waals surface area (Å²) in [7, 11) is 0. The first-order chi connectivity index (χ1) is 11.7. The molecule has 1 atom stereocenters. The predicted octanol–water partition coefficient (Wildman–Crippen LogP) is 3.71. The maximum Gasteiger partial charge on any atom is 0.242 e. The lowest BCUT2D eigenvalue weighted by Crippen LogP contribution is -2.31. The number of hydrogen-bond acceptors (Lipinski definition) is 4. The molecule has 1 aliphatic carbocycles. The Morgan fingerprint density at radius 2 is 2.21 bits per heavy atom. The van der Waals surface area contributed by atoms with E-state index in [1.165, 1.54) is 35.4 Å². The Morgan fingerprint density at radius 1 is 1.38 bits per heavy atom. The van der Waals surface area contributed by atoms with Gasteiger partial charge in [-0.25, -0.2) is 4.68 Å². The highest BCUT2D eigenvalue weighted by molar-refractivity contribution is 7.71. The van der Waals surface area contributed by atoms with E-state index in [9.17, 15) is 0 Å². The minimum Gasteiger partial charge on any atom is -0.333 e. The van der Waals surface area contributed by atoms with Crippen LogP contribution in [0.1, 0.15) is 44.1 Å². The largest absolute Gasteiger partial charge is 0.333 e. The summed E-state index contributed by atoms with van der Waals surface area (Å²) in [5.41, 5.74) is 6.43. The molecule has 1 aromatic heterocycles. The molecule has 2 heterocycles. The number of nitrogens with zero attached hydrogens (tertiary/aromatic N) is 4. The van der Waals surface area contributed by atoms with Crippen LogP contribution in [0.5, 0.6) is 0 Å². The van der Waals surface area contributed by atoms with Crippen molar-refractivity contribution in [3.05, 3.63) is 39.8 Å². The van der Waals surface area contributed by atoms with Crippen LogP contribution in [-0.4, -0.2) is 26.8 Å². The average molecular weight is 337 g/mol. The third-order valence-corrected chi connectivity index (χ3v) is 5.34. The molecule has 0 saturated carbocycles. The van der Waals surface area contributed by atoms with Gasteiger partial charge in [-0.05, 0) is 67.2 Å². The molecule has 0 fully saturated rings. The lowest BCUT2D eigenvalue weighted by molar-refractivity contribution is 0.602. The van der Waals surface area contributed by atoms with Gasteiger partial charge < -0.3 is 4.90 Å². The number of anilines is 1. The summed E-state index contributed by atoms with van der Waals surface area (Å²) >= 11 is 5.22. The molecule has 0 radical (unpaired) electrons. The van der Waals surface area contributed by atoms with Crippen LogP contribution in [0.25, 0.3) is 5.69 Å². The van der Waals surface area contributed by atoms with Gasteiger partial charge in [-0.15, -0.1) is 6.42 Å². The number of fused-ring (bicyclic) bond motifs is 1. The predicted molar refractivity (Wildman–Crippen MR) is 96.6 cm³/mol. The topological polar surface area (TPSA) is 49.7 Å². The first-order valence-corrected chi connectivity index (χ1v) is 8.69. The van der Waals surface area contributed by atoms with Gasteiger partial charge in [-0.2, -0.15) is 5.21 Å². The van der Waals surface area contributed by atoms with Gasteiger partial charge in [0.05, 0.1) is 12.2 Å². The number of aromatic amines is 1. The van der Waals surface area contributed by atoms with Gasteiger partial charge in [0, 0.05) is 17.3 Å². The summed E-state index contributed by atoms with van der Waals surface area (Å²) < 4.78 is 2.15. The zero-order chi connectivity index (χ0) is 16.7. The standard InChI is InChI=1S/C18H19N5S/c1-3-10-22-16-7-5-4-6-14(16)12(2)15-11-13(8-9-17(15)22)23-18(24)19-20-21-23/h1,8-9,11-12H,4-7,10H2,2H3,(H,19,21,24). The zero-order valence-corrected chi connectivity index (χ0v) is 14.4. The normalized spacial score (nSPS) is 19.7. The lowest BCUT2D eigenvalue weighted by Gasteiger charge is -2.40. The van der Waals surface area contributed by atoms with Crippen molar-refractivity contribution in [2.24, 2.45) is 0 Å². The van der Waals surface area contributed by atoms with E-state index >= 15 is 0 Å². The molecule has 1 aromatic carbocycles. The average Bonchev–Trinajstić information content (AvgIpc) is 3.04. The van der Waals surface area contributed by atoms with Gasteiger partial charge >= 0.3 is 0 Å². The van der Waals surface area contributed by atoms with E-state index in [0.717, 1.165) is 18.5 Å². The first kappa shape index (κ1) is 15.2. The Hall–Kier alpha value is -2.39. The summed E-state index contributed by atoms with van der Waals surface area (Å²) in [5, 5.41) is 10.5. The SMILES string of the molecule is C#CCN1C2=C(CCCC2)C(C)c2cc(-n3[nH]nnc3=S)ccc21. The van der Waals surface area contributed by atoms with Crippen molar-refractivity contribution in [1.82, 2.24) is 20.2 Å². The quantitative estimate of drug-likeness (QED) is 0.670. The van der Waals surface area contributed by atoms with Crippen molar-refractivity contribution in [1.29, 1.82) is 0 Å². The second kappa shape index (κ2) is 5.91. The molecule has 6 heteroatoms. The van der Waals surface area contributed by atoms with Crippen LogP contribution < -0.4 is 4.90 Å². The van der Waals surface area contributed by atoms with Crippen LogP contribution in [0, 0.1) is 17.1 Å². The number of H-pyrrole nitrogens is 1. The van der Waals surface area contributed by atoms with Crippen LogP contribution >= 0.6 is 12.2 Å². The van der Waals surface area contributed by atoms with E-state index in [1.54, 1.807) is 4.68 Å². The number of benzene rings is 1. The smallest absolute Gasteiger partial charge is 0.242 e. The highest BCUT2D eigenvalue weighted by atomic mass is 32.1. The van der Waals surface area contributed by atoms with Crippen LogP contribution in [0.15, 0.2) is 29.5 Å². The molecular weight excluding hydrogens is 318 g/mol. The van der Waals surface area contributed by atoms with Crippen molar-refractivity contribution in [3.63, 3.8) is 0 Å². The molecule has 0 amide bonds. The van der Waals surface area contributed by atoms with Gasteiger partial charge in [0.25, 0.3) is 0 Å². The molecule has 0 saturated heterocycles. The monoisotopic (exact) mass is 337 g/mol. The van der Waals surface area contributed by atoms with Crippen molar-refractivity contribution >= 4 is 17.9 Å². The number of allylic oxidation sites excluding steroid dienone is 2. The fraction of sp³-hybridized carbons (Fsp3) is 0.389. The second-order valence-corrected chi connectivity index (χ2v) is 6.72. The van der Waals surface area contributed by atoms with Gasteiger partial charge in [0.1, 0.15) is 0 Å². The molecule has 1 aliphatic heterocycles. The van der Waals surface area contributed by atoms with Gasteiger partial charge in [0.15, 0.2) is 0 Å². The molecule has 2 aromatic rings. The fourth-order valence-electron chi connectivity index (χ4n) is 3.93. The van der Waals surface area contributed by atoms with Crippen molar-refractivity contribution in [2.45, 2.75) is 38.5 Å². The molecule has 2 aliphatic rings. The third-order valence-electron chi connectivity index (χ3n) is 5.08. The summed E-state index contributed by atoms with van der Waals surface area (Å²) in [6.07, 6.45) is 10.4. The number of tetrazole rings is 1. The molecule has 1 unspecified atom stereocenters. The molecular formula is C18H19N5S. The number of hydrogen-bond donors (Lipinski definition) is 1. The molecule has 0 bridgehead atoms. The highest BCUT2D eigenvalue weighted by Gasteiger charge is 2.31. The second-order valence-electron chi connectivity index (χ2n) is 6.35. The Kier molecular flexibility index (Phi) is 3.73. The highest BCUT2D eigenvalue weighted by Crippen LogP contribution is 2.46. The lowest BCUT2D eigenvalue weighted by atomic mass is 9.79. The summed E-state index contributed by atoms with van der Waals surface area (Å²) in [4.78, 5) is 2.32. The molecule has 4 rings (SSSR count). The van der Waals surface area contributed by atoms with Crippen molar-refractivity contribution < 1.29 is 0 Å². The van der Waals surface area contributed by atoms with Crippen LogP contribution in [-0.2, 0) is 0 Å². The van der Waals surface area contributed by atoms with Crippen LogP contribution in [0.3, 0.4) is 0 Å². The number of aromatic nitrogens is 4. The van der Waals surface area contributed by atoms with E-state index in [2.05, 4.69) is 45.4 Å². The number of nitrogens with one attached hydrogen (secondary N) is 1. The van der Waals surface area contributed by atoms with Gasteiger partial charge in [-0.1, -0.05) is 23.2 Å². The maximum absolute atomic E-state index is 5.65. The summed E-state index contributed by atoms with van der Waals surface area (Å²) in [6, 6.07) is 6.36. The Balaban J connectivity index is 1.86. The molecule has 5 nitrogen and oxygen atoms in total. The Morgan fingerprint density at radius 3 is 2.96 bits per heavy atom. The molecule has 0 spiro atoms. The van der Waals surface area contributed by atoms with Crippen LogP contribution in [0.4, 0.5) is 5.69 Å². The molecule has 122 valence electrons. The number of rotatable bonds is 2. The van der Waals surface area contributed by atoms with Gasteiger partial charge in [-0.3, -0.25) is 0 Å². The number of terminal acetylenes is 1. The fourth-order valence-corrected chi connectivity index (χ4v) is 4.12. The first-order valence-electron chi connectivity index (χ1n) is 8.28. The maximum atomic E-state index is 5.65. The minimum absolute atomic E-state index is 0.398. The zero-order valence-electron chi connectivity index (χ0n) is 13.6.